The van der Waals surface area contributed by atoms with E-state index in [2.05, 4.69) is 6.92 Å². The van der Waals surface area contributed by atoms with Gasteiger partial charge in [0.05, 0.1) is 0 Å². The molecule has 2 N–H and O–H groups in total. The van der Waals surface area contributed by atoms with Crippen molar-refractivity contribution < 1.29 is 4.21 Å². The fourth-order valence-corrected chi connectivity index (χ4v) is 2.41. The number of hydrogen-bond donors (Lipinski definition) is 1. The Morgan fingerprint density at radius 1 is 1.45 bits per heavy atom. The van der Waals surface area contributed by atoms with Crippen LogP contribution in [0.5, 0.6) is 0 Å². The molecule has 0 amide bonds. The summed E-state index contributed by atoms with van der Waals surface area (Å²) in [5.41, 5.74) is 5.46. The Labute approximate surface area is 72.0 Å². The second kappa shape index (κ2) is 6.80. The first-order valence-corrected chi connectivity index (χ1v) is 5.71. The lowest BCUT2D eigenvalue weighted by atomic mass is 10.3. The molecule has 3 heteroatoms. The largest absolute Gasteiger partial charge is 0.329 e. The van der Waals surface area contributed by atoms with Gasteiger partial charge in [0.15, 0.2) is 0 Å². The van der Waals surface area contributed by atoms with Crippen LogP contribution in [-0.4, -0.2) is 21.8 Å². The molecule has 11 heavy (non-hydrogen) atoms. The van der Waals surface area contributed by atoms with Gasteiger partial charge in [0.2, 0.25) is 0 Å². The summed E-state index contributed by atoms with van der Waals surface area (Å²) in [5.74, 6) is 0.826. The Morgan fingerprint density at radius 3 is 2.45 bits per heavy atom. The van der Waals surface area contributed by atoms with Gasteiger partial charge in [-0.1, -0.05) is 20.3 Å². The number of rotatable bonds is 6. The fourth-order valence-electron chi connectivity index (χ4n) is 0.913. The fraction of sp³-hybridized carbons (Fsp3) is 1.00. The zero-order valence-electron chi connectivity index (χ0n) is 7.51. The number of nitrogens with two attached hydrogens (primary N) is 1. The van der Waals surface area contributed by atoms with Crippen molar-refractivity contribution in [3.63, 3.8) is 0 Å². The Morgan fingerprint density at radius 2 is 2.09 bits per heavy atom. The van der Waals surface area contributed by atoms with E-state index >= 15 is 0 Å². The monoisotopic (exact) mass is 177 g/mol. The molecule has 0 radical (unpaired) electrons. The zero-order valence-corrected chi connectivity index (χ0v) is 8.32. The van der Waals surface area contributed by atoms with E-state index in [-0.39, 0.29) is 5.25 Å². The molecular formula is C8H19NOS. The summed E-state index contributed by atoms with van der Waals surface area (Å²) in [6, 6.07) is 0. The Bertz CT molecular complexity index is 113. The zero-order chi connectivity index (χ0) is 8.69. The minimum Gasteiger partial charge on any atom is -0.329 e. The standard InChI is InChI=1S/C8H19NOS/c1-3-5-6-11(10)8(4-2)7-9/h8H,3-7,9H2,1-2H3. The minimum atomic E-state index is -0.683. The molecule has 0 bridgehead atoms. The molecule has 0 saturated heterocycles. The highest BCUT2D eigenvalue weighted by molar-refractivity contribution is 7.85. The van der Waals surface area contributed by atoms with Crippen molar-refractivity contribution in [1.82, 2.24) is 0 Å². The van der Waals surface area contributed by atoms with Crippen molar-refractivity contribution in [2.24, 2.45) is 5.73 Å². The second-order valence-electron chi connectivity index (χ2n) is 2.70. The van der Waals surface area contributed by atoms with E-state index in [1.165, 1.54) is 0 Å². The molecule has 0 aromatic carbocycles. The Kier molecular flexibility index (Phi) is 6.87. The number of hydrogen-bond acceptors (Lipinski definition) is 2. The van der Waals surface area contributed by atoms with E-state index in [4.69, 9.17) is 5.73 Å². The van der Waals surface area contributed by atoms with Gasteiger partial charge in [-0.25, -0.2) is 0 Å². The molecule has 0 aliphatic carbocycles. The van der Waals surface area contributed by atoms with Crippen molar-refractivity contribution in [3.8, 4) is 0 Å². The molecule has 0 aliphatic heterocycles. The van der Waals surface area contributed by atoms with E-state index in [1.54, 1.807) is 0 Å². The summed E-state index contributed by atoms with van der Waals surface area (Å²) in [6.07, 6.45) is 3.11. The van der Waals surface area contributed by atoms with Crippen molar-refractivity contribution >= 4 is 10.8 Å². The SMILES string of the molecule is CCCCS(=O)C(CC)CN. The predicted octanol–water partition coefficient (Wildman–Crippen LogP) is 1.27. The van der Waals surface area contributed by atoms with Crippen LogP contribution >= 0.6 is 0 Å². The van der Waals surface area contributed by atoms with Crippen molar-refractivity contribution in [2.45, 2.75) is 38.4 Å². The maximum atomic E-state index is 11.4. The summed E-state index contributed by atoms with van der Waals surface area (Å²) in [4.78, 5) is 0. The molecule has 0 aromatic heterocycles. The Hall–Kier alpha value is 0.110. The van der Waals surface area contributed by atoms with Crippen LogP contribution in [0.1, 0.15) is 33.1 Å². The molecule has 0 aliphatic rings. The molecule has 0 fully saturated rings. The van der Waals surface area contributed by atoms with Crippen LogP contribution in [0.15, 0.2) is 0 Å². The van der Waals surface area contributed by atoms with E-state index in [1.807, 2.05) is 6.92 Å². The molecular weight excluding hydrogens is 158 g/mol. The van der Waals surface area contributed by atoms with Gasteiger partial charge < -0.3 is 5.73 Å². The third kappa shape index (κ3) is 4.53. The highest BCUT2D eigenvalue weighted by Gasteiger charge is 2.10. The van der Waals surface area contributed by atoms with E-state index in [0.717, 1.165) is 25.0 Å². The van der Waals surface area contributed by atoms with Crippen LogP contribution < -0.4 is 5.73 Å². The molecule has 0 rings (SSSR count). The average molecular weight is 177 g/mol. The highest BCUT2D eigenvalue weighted by atomic mass is 32.2. The first-order valence-electron chi connectivity index (χ1n) is 4.33. The Balaban J connectivity index is 3.61. The maximum Gasteiger partial charge on any atom is 0.0467 e. The molecule has 2 atom stereocenters. The van der Waals surface area contributed by atoms with Crippen LogP contribution in [0, 0.1) is 0 Å². The van der Waals surface area contributed by atoms with Crippen LogP contribution in [0.2, 0.25) is 0 Å². The van der Waals surface area contributed by atoms with Gasteiger partial charge in [0.25, 0.3) is 0 Å². The summed E-state index contributed by atoms with van der Waals surface area (Å²) in [6.45, 7) is 4.72. The van der Waals surface area contributed by atoms with Crippen LogP contribution in [0.4, 0.5) is 0 Å². The third-order valence-electron chi connectivity index (χ3n) is 1.79. The molecule has 0 aromatic rings. The molecule has 0 saturated carbocycles. The smallest absolute Gasteiger partial charge is 0.0467 e. The van der Waals surface area contributed by atoms with Crippen LogP contribution in [0.25, 0.3) is 0 Å². The lowest BCUT2D eigenvalue weighted by molar-refractivity contribution is 0.660. The van der Waals surface area contributed by atoms with E-state index in [9.17, 15) is 4.21 Å². The normalized spacial score (nSPS) is 16.3. The van der Waals surface area contributed by atoms with Crippen LogP contribution in [0.3, 0.4) is 0 Å². The second-order valence-corrected chi connectivity index (χ2v) is 4.54. The molecule has 2 unspecified atom stereocenters. The minimum absolute atomic E-state index is 0.224. The van der Waals surface area contributed by atoms with Gasteiger partial charge in [-0.05, 0) is 12.8 Å². The van der Waals surface area contributed by atoms with Gasteiger partial charge in [0.1, 0.15) is 0 Å². The van der Waals surface area contributed by atoms with Crippen LogP contribution in [-0.2, 0) is 10.8 Å². The summed E-state index contributed by atoms with van der Waals surface area (Å²) < 4.78 is 11.4. The van der Waals surface area contributed by atoms with Crippen molar-refractivity contribution in [3.05, 3.63) is 0 Å². The quantitative estimate of drug-likeness (QED) is 0.664. The van der Waals surface area contributed by atoms with Gasteiger partial charge in [-0.3, -0.25) is 4.21 Å². The first kappa shape index (κ1) is 11.1. The van der Waals surface area contributed by atoms with Gasteiger partial charge >= 0.3 is 0 Å². The molecule has 2 nitrogen and oxygen atoms in total. The summed E-state index contributed by atoms with van der Waals surface area (Å²) in [5, 5.41) is 0.224. The topological polar surface area (TPSA) is 43.1 Å². The maximum absolute atomic E-state index is 11.4. The first-order chi connectivity index (χ1) is 5.26. The van der Waals surface area contributed by atoms with Crippen molar-refractivity contribution in [2.75, 3.05) is 12.3 Å². The van der Waals surface area contributed by atoms with Gasteiger partial charge in [0, 0.05) is 28.3 Å². The van der Waals surface area contributed by atoms with Crippen molar-refractivity contribution in [1.29, 1.82) is 0 Å². The predicted molar refractivity (Wildman–Crippen MR) is 51.1 cm³/mol. The molecule has 68 valence electrons. The lowest BCUT2D eigenvalue weighted by Crippen LogP contribution is -2.26. The highest BCUT2D eigenvalue weighted by Crippen LogP contribution is 2.02. The molecule has 0 spiro atoms. The van der Waals surface area contributed by atoms with Gasteiger partial charge in [-0.15, -0.1) is 0 Å². The summed E-state index contributed by atoms with van der Waals surface area (Å²) in [7, 11) is -0.683. The number of unbranched alkanes of at least 4 members (excludes halogenated alkanes) is 1. The molecule has 0 heterocycles. The van der Waals surface area contributed by atoms with Gasteiger partial charge in [-0.2, -0.15) is 0 Å². The van der Waals surface area contributed by atoms with E-state index < -0.39 is 10.8 Å². The van der Waals surface area contributed by atoms with E-state index in [0.29, 0.717) is 6.54 Å². The third-order valence-corrected chi connectivity index (χ3v) is 3.75. The summed E-state index contributed by atoms with van der Waals surface area (Å²) >= 11 is 0. The average Bonchev–Trinajstić information content (AvgIpc) is 2.03. The lowest BCUT2D eigenvalue weighted by Gasteiger charge is -2.10.